The molecular formula is C40H30N4OPt-2. The Bertz CT molecular complexity index is 2500. The predicted octanol–water partition coefficient (Wildman–Crippen LogP) is 9.62. The van der Waals surface area contributed by atoms with E-state index < -0.39 is 0 Å². The molecule has 0 saturated carbocycles. The van der Waals surface area contributed by atoms with Gasteiger partial charge >= 0.3 is 249 Å². The van der Waals surface area contributed by atoms with Crippen molar-refractivity contribution in [3.05, 3.63) is 148 Å². The Morgan fingerprint density at radius 3 is 2.20 bits per heavy atom. The first-order valence-corrected chi connectivity index (χ1v) is 16.4. The number of fused-ring (bicyclic) bond motifs is 4. The summed E-state index contributed by atoms with van der Waals surface area (Å²) >= 11 is 2.44. The summed E-state index contributed by atoms with van der Waals surface area (Å²) in [7, 11) is 0. The molecule has 3 heterocycles. The Morgan fingerprint density at radius 1 is 0.609 bits per heavy atom. The van der Waals surface area contributed by atoms with E-state index in [9.17, 15) is 0 Å². The van der Waals surface area contributed by atoms with Gasteiger partial charge in [-0.2, -0.15) is 0 Å². The molecule has 0 saturated heterocycles. The molecule has 0 bridgehead atoms. The number of aryl methyl sites for hydroxylation is 4. The molecule has 0 unspecified atom stereocenters. The summed E-state index contributed by atoms with van der Waals surface area (Å²) in [6.07, 6.45) is 1.82. The zero-order valence-corrected chi connectivity index (χ0v) is 28.2. The molecule has 0 spiro atoms. The van der Waals surface area contributed by atoms with Gasteiger partial charge in [0.05, 0.1) is 0 Å². The molecule has 46 heavy (non-hydrogen) atoms. The molecule has 0 aliphatic heterocycles. The van der Waals surface area contributed by atoms with Crippen LogP contribution in [0.25, 0.3) is 50.0 Å². The normalized spacial score (nSPS) is 11.6. The van der Waals surface area contributed by atoms with Crippen LogP contribution in [0.5, 0.6) is 11.5 Å². The molecule has 0 atom stereocenters. The summed E-state index contributed by atoms with van der Waals surface area (Å²) in [6, 6.07) is 42.7. The summed E-state index contributed by atoms with van der Waals surface area (Å²) in [5.74, 6) is 2.07. The molecule has 0 aliphatic rings. The van der Waals surface area contributed by atoms with Gasteiger partial charge in [0.15, 0.2) is 0 Å². The zero-order chi connectivity index (χ0) is 31.5. The Hall–Kier alpha value is -4.99. The van der Waals surface area contributed by atoms with E-state index >= 15 is 0 Å². The average Bonchev–Trinajstić information content (AvgIpc) is 3.52. The van der Waals surface area contributed by atoms with Crippen molar-refractivity contribution in [3.63, 3.8) is 0 Å². The number of para-hydroxylation sites is 1. The van der Waals surface area contributed by atoms with Gasteiger partial charge in [0.2, 0.25) is 0 Å². The fraction of sp³-hybridized carbons (Fsp3) is 0.100. The Balaban J connectivity index is 1.25. The van der Waals surface area contributed by atoms with E-state index in [1.54, 1.807) is 0 Å². The molecule has 8 rings (SSSR count). The first-order valence-electron chi connectivity index (χ1n) is 15.2. The van der Waals surface area contributed by atoms with E-state index in [-0.39, 0.29) is 0 Å². The quantitative estimate of drug-likeness (QED) is 0.163. The van der Waals surface area contributed by atoms with Gasteiger partial charge in [-0.25, -0.2) is 0 Å². The van der Waals surface area contributed by atoms with E-state index in [1.165, 1.54) is 27.9 Å². The SMILES string of the molecule is Cc1cc(C)c(-n2[c](=[Pt])n(-c3[c-]c(Oc4[c-]c5c(cc4)c4ccccc4n5-c4ccccn4)ccc3)c3ccc(C)cc32)c(C)c1. The molecule has 5 nitrogen and oxygen atoms in total. The first kappa shape index (κ1) is 28.5. The van der Waals surface area contributed by atoms with Crippen LogP contribution < -0.4 is 4.74 Å². The number of nitrogens with zero attached hydrogens (tertiary/aromatic N) is 4. The van der Waals surface area contributed by atoms with Gasteiger partial charge in [0.1, 0.15) is 0 Å². The third-order valence-electron chi connectivity index (χ3n) is 8.46. The zero-order valence-electron chi connectivity index (χ0n) is 25.9. The van der Waals surface area contributed by atoms with Gasteiger partial charge < -0.3 is 0 Å². The van der Waals surface area contributed by atoms with Gasteiger partial charge in [-0.15, -0.1) is 0 Å². The standard InChI is InChI=1S/C40H30N4O.Pt/c1-26-15-18-36-38(22-26)43(40-28(3)20-27(2)21-29(40)4)25-42(36)30-10-9-11-31(23-30)45-32-16-17-34-33-12-5-6-13-35(33)44(37(34)24-32)39-14-7-8-19-41-39;/h5-22H,1-4H3;/q-2;. The molecule has 0 fully saturated rings. The van der Waals surface area contributed by atoms with E-state index in [4.69, 9.17) is 4.74 Å². The monoisotopic (exact) mass is 777 g/mol. The predicted molar refractivity (Wildman–Crippen MR) is 181 cm³/mol. The Morgan fingerprint density at radius 2 is 1.39 bits per heavy atom. The van der Waals surface area contributed by atoms with Crippen LogP contribution in [0.1, 0.15) is 22.3 Å². The van der Waals surface area contributed by atoms with Crippen LogP contribution in [0.2, 0.25) is 0 Å². The van der Waals surface area contributed by atoms with Crippen LogP contribution >= 0.6 is 0 Å². The van der Waals surface area contributed by atoms with Crippen molar-refractivity contribution in [3.8, 4) is 28.7 Å². The molecule has 3 aromatic heterocycles. The summed E-state index contributed by atoms with van der Waals surface area (Å²) < 4.78 is 14.3. The Kier molecular flexibility index (Phi) is 6.88. The second-order valence-electron chi connectivity index (χ2n) is 11.8. The number of pyridine rings is 1. The van der Waals surface area contributed by atoms with Gasteiger partial charge in [-0.3, -0.25) is 0 Å². The third kappa shape index (κ3) is 4.66. The van der Waals surface area contributed by atoms with Crippen LogP contribution in [-0.2, 0) is 19.4 Å². The van der Waals surface area contributed by atoms with Crippen LogP contribution in [0.3, 0.4) is 0 Å². The summed E-state index contributed by atoms with van der Waals surface area (Å²) in [4.78, 5) is 4.65. The average molecular weight is 778 g/mol. The third-order valence-corrected chi connectivity index (χ3v) is 9.48. The fourth-order valence-electron chi connectivity index (χ4n) is 6.64. The summed E-state index contributed by atoms with van der Waals surface area (Å²) in [5, 5.41) is 2.25. The van der Waals surface area contributed by atoms with Crippen molar-refractivity contribution >= 4 is 32.8 Å². The van der Waals surface area contributed by atoms with Crippen molar-refractivity contribution < 1.29 is 24.1 Å². The number of rotatable bonds is 5. The number of aromatic nitrogens is 4. The molecule has 8 aromatic rings. The van der Waals surface area contributed by atoms with Crippen LogP contribution in [-0.4, -0.2) is 18.7 Å². The number of hydrogen-bond donors (Lipinski definition) is 0. The van der Waals surface area contributed by atoms with Crippen LogP contribution in [0.15, 0.2) is 109 Å². The summed E-state index contributed by atoms with van der Waals surface area (Å²) in [5.41, 5.74) is 11.3. The minimum atomic E-state index is 0.615. The number of benzene rings is 5. The summed E-state index contributed by atoms with van der Waals surface area (Å²) in [6.45, 7) is 8.68. The van der Waals surface area contributed by atoms with Crippen LogP contribution in [0.4, 0.5) is 0 Å². The van der Waals surface area contributed by atoms with E-state index in [1.807, 2.05) is 42.6 Å². The van der Waals surface area contributed by atoms with Crippen molar-refractivity contribution in [1.82, 2.24) is 18.7 Å². The fourth-order valence-corrected chi connectivity index (χ4v) is 7.72. The van der Waals surface area contributed by atoms with Crippen molar-refractivity contribution in [2.45, 2.75) is 27.7 Å². The molecule has 6 heteroatoms. The van der Waals surface area contributed by atoms with Crippen LogP contribution in [0, 0.1) is 43.6 Å². The molecule has 0 amide bonds. The second kappa shape index (κ2) is 11.1. The van der Waals surface area contributed by atoms with Gasteiger partial charge in [0.25, 0.3) is 0 Å². The molecule has 5 aromatic carbocycles. The topological polar surface area (TPSA) is 36.9 Å². The molecule has 0 aliphatic carbocycles. The molecular weight excluding hydrogens is 748 g/mol. The van der Waals surface area contributed by atoms with Gasteiger partial charge in [-0.1, -0.05) is 18.2 Å². The number of hydrogen-bond acceptors (Lipinski definition) is 2. The maximum absolute atomic E-state index is 6.48. The van der Waals surface area contributed by atoms with E-state index in [2.05, 4.69) is 145 Å². The van der Waals surface area contributed by atoms with Crippen molar-refractivity contribution in [2.24, 2.45) is 0 Å². The first-order chi connectivity index (χ1) is 22.4. The number of imidazole rings is 1. The van der Waals surface area contributed by atoms with Gasteiger partial charge in [0, 0.05) is 6.20 Å². The van der Waals surface area contributed by atoms with E-state index in [0.29, 0.717) is 11.5 Å². The van der Waals surface area contributed by atoms with Crippen molar-refractivity contribution in [2.75, 3.05) is 0 Å². The Labute approximate surface area is 278 Å². The minimum absolute atomic E-state index is 0.615. The molecule has 228 valence electrons. The van der Waals surface area contributed by atoms with E-state index in [0.717, 1.165) is 48.1 Å². The van der Waals surface area contributed by atoms with Gasteiger partial charge in [-0.05, 0) is 6.07 Å². The molecule has 0 radical (unpaired) electrons. The molecule has 0 N–H and O–H groups in total. The van der Waals surface area contributed by atoms with Crippen molar-refractivity contribution in [1.29, 1.82) is 0 Å². The second-order valence-corrected chi connectivity index (χ2v) is 12.8. The maximum atomic E-state index is 6.48. The number of ether oxygens (including phenoxy) is 1.